The van der Waals surface area contributed by atoms with Crippen molar-refractivity contribution in [1.82, 2.24) is 4.90 Å². The van der Waals surface area contributed by atoms with Gasteiger partial charge in [-0.05, 0) is 45.1 Å². The Balaban J connectivity index is 2.42. The summed E-state index contributed by atoms with van der Waals surface area (Å²) in [7, 11) is 3.95. The average Bonchev–Trinajstić information content (AvgIpc) is 2.32. The van der Waals surface area contributed by atoms with Crippen molar-refractivity contribution in [2.75, 3.05) is 27.3 Å². The van der Waals surface area contributed by atoms with E-state index >= 15 is 0 Å². The second-order valence-electron chi connectivity index (χ2n) is 5.76. The highest BCUT2D eigenvalue weighted by atomic mass is 16.5. The molecule has 1 aliphatic carbocycles. The van der Waals surface area contributed by atoms with Crippen molar-refractivity contribution in [3.05, 3.63) is 0 Å². The van der Waals surface area contributed by atoms with E-state index in [0.717, 1.165) is 19.1 Å². The van der Waals surface area contributed by atoms with Gasteiger partial charge in [-0.3, -0.25) is 0 Å². The van der Waals surface area contributed by atoms with E-state index in [9.17, 15) is 0 Å². The third-order valence-corrected chi connectivity index (χ3v) is 4.41. The van der Waals surface area contributed by atoms with Crippen molar-refractivity contribution < 1.29 is 4.74 Å². The number of hydrogen-bond acceptors (Lipinski definition) is 3. The molecule has 2 N–H and O–H groups in total. The lowest BCUT2D eigenvalue weighted by Gasteiger charge is -2.37. The maximum absolute atomic E-state index is 6.26. The number of hydrogen-bond donors (Lipinski definition) is 1. The quantitative estimate of drug-likeness (QED) is 0.775. The molecule has 1 aliphatic rings. The monoisotopic (exact) mass is 242 g/mol. The van der Waals surface area contributed by atoms with Crippen LogP contribution in [0.4, 0.5) is 0 Å². The molecule has 1 saturated carbocycles. The minimum absolute atomic E-state index is 0.398. The van der Waals surface area contributed by atoms with E-state index < -0.39 is 0 Å². The summed E-state index contributed by atoms with van der Waals surface area (Å²) in [6, 6.07) is 0.879. The molecule has 1 fully saturated rings. The number of ether oxygens (including phenoxy) is 1. The number of methoxy groups -OCH3 is 1. The van der Waals surface area contributed by atoms with Crippen molar-refractivity contribution in [3.8, 4) is 0 Å². The molecule has 0 spiro atoms. The Bertz CT molecular complexity index is 210. The Labute approximate surface area is 107 Å². The van der Waals surface area contributed by atoms with Crippen molar-refractivity contribution in [1.29, 1.82) is 0 Å². The summed E-state index contributed by atoms with van der Waals surface area (Å²) in [6.45, 7) is 6.43. The molecule has 4 atom stereocenters. The number of nitrogens with two attached hydrogens (primary N) is 1. The molecule has 0 aliphatic heterocycles. The lowest BCUT2D eigenvalue weighted by molar-refractivity contribution is 0.0894. The topological polar surface area (TPSA) is 38.5 Å². The van der Waals surface area contributed by atoms with E-state index in [1.807, 2.05) is 0 Å². The Morgan fingerprint density at radius 2 is 2.12 bits per heavy atom. The summed E-state index contributed by atoms with van der Waals surface area (Å²) >= 11 is 0. The molecule has 0 amide bonds. The normalized spacial score (nSPS) is 31.8. The van der Waals surface area contributed by atoms with Crippen LogP contribution in [0.1, 0.15) is 39.5 Å². The van der Waals surface area contributed by atoms with Crippen molar-refractivity contribution in [3.63, 3.8) is 0 Å². The number of likely N-dealkylation sites (N-methyl/N-ethyl adjacent to an activating group) is 1. The third kappa shape index (κ3) is 4.57. The van der Waals surface area contributed by atoms with E-state index in [1.165, 1.54) is 25.7 Å². The largest absolute Gasteiger partial charge is 0.383 e. The van der Waals surface area contributed by atoms with Gasteiger partial charge in [0.25, 0.3) is 0 Å². The van der Waals surface area contributed by atoms with Crippen molar-refractivity contribution >= 4 is 0 Å². The molecule has 4 unspecified atom stereocenters. The fraction of sp³-hybridized carbons (Fsp3) is 1.00. The molecular formula is C14H30N2O. The Kier molecular flexibility index (Phi) is 6.45. The zero-order valence-corrected chi connectivity index (χ0v) is 12.0. The second-order valence-corrected chi connectivity index (χ2v) is 5.76. The van der Waals surface area contributed by atoms with Crippen LogP contribution in [0.15, 0.2) is 0 Å². The first kappa shape index (κ1) is 14.9. The Morgan fingerprint density at radius 3 is 2.71 bits per heavy atom. The van der Waals surface area contributed by atoms with E-state index in [4.69, 9.17) is 10.5 Å². The first-order valence-electron chi connectivity index (χ1n) is 7.03. The highest BCUT2D eigenvalue weighted by Gasteiger charge is 2.28. The van der Waals surface area contributed by atoms with Crippen LogP contribution in [0, 0.1) is 11.8 Å². The summed E-state index contributed by atoms with van der Waals surface area (Å²) in [5.74, 6) is 1.56. The predicted molar refractivity (Wildman–Crippen MR) is 73.1 cm³/mol. The van der Waals surface area contributed by atoms with Crippen LogP contribution in [0.2, 0.25) is 0 Å². The molecule has 0 aromatic rings. The third-order valence-electron chi connectivity index (χ3n) is 4.41. The van der Waals surface area contributed by atoms with Gasteiger partial charge < -0.3 is 15.4 Å². The first-order chi connectivity index (χ1) is 8.08. The van der Waals surface area contributed by atoms with E-state index in [2.05, 4.69) is 25.8 Å². The van der Waals surface area contributed by atoms with Crippen molar-refractivity contribution in [2.24, 2.45) is 17.6 Å². The lowest BCUT2D eigenvalue weighted by atomic mass is 9.77. The highest BCUT2D eigenvalue weighted by molar-refractivity contribution is 4.84. The summed E-state index contributed by atoms with van der Waals surface area (Å²) in [5.41, 5.74) is 6.26. The smallest absolute Gasteiger partial charge is 0.0615 e. The van der Waals surface area contributed by atoms with Gasteiger partial charge in [0.15, 0.2) is 0 Å². The fourth-order valence-electron chi connectivity index (χ4n) is 2.88. The van der Waals surface area contributed by atoms with Crippen LogP contribution in [0.5, 0.6) is 0 Å². The zero-order valence-electron chi connectivity index (χ0n) is 12.0. The molecule has 3 nitrogen and oxygen atoms in total. The van der Waals surface area contributed by atoms with E-state index in [-0.39, 0.29) is 0 Å². The highest BCUT2D eigenvalue weighted by Crippen LogP contribution is 2.30. The van der Waals surface area contributed by atoms with Gasteiger partial charge in [-0.2, -0.15) is 0 Å². The second kappa shape index (κ2) is 7.34. The first-order valence-corrected chi connectivity index (χ1v) is 7.03. The van der Waals surface area contributed by atoms with Crippen LogP contribution in [0.25, 0.3) is 0 Å². The molecule has 3 heteroatoms. The van der Waals surface area contributed by atoms with Gasteiger partial charge in [-0.1, -0.05) is 13.3 Å². The minimum atomic E-state index is 0.398. The summed E-state index contributed by atoms with van der Waals surface area (Å²) in [5, 5.41) is 0. The molecule has 0 saturated heterocycles. The van der Waals surface area contributed by atoms with Crippen LogP contribution in [0.3, 0.4) is 0 Å². The summed E-state index contributed by atoms with van der Waals surface area (Å²) in [4.78, 5) is 2.39. The van der Waals surface area contributed by atoms with Crippen molar-refractivity contribution in [2.45, 2.75) is 51.6 Å². The van der Waals surface area contributed by atoms with E-state index in [1.54, 1.807) is 7.11 Å². The number of nitrogens with zero attached hydrogens (tertiary/aromatic N) is 1. The van der Waals surface area contributed by atoms with Gasteiger partial charge >= 0.3 is 0 Å². The van der Waals surface area contributed by atoms with Crippen LogP contribution in [-0.4, -0.2) is 44.3 Å². The fourth-order valence-corrected chi connectivity index (χ4v) is 2.88. The molecule has 0 aromatic carbocycles. The van der Waals surface area contributed by atoms with Gasteiger partial charge in [-0.25, -0.2) is 0 Å². The average molecular weight is 242 g/mol. The molecule has 0 aromatic heterocycles. The Hall–Kier alpha value is -0.120. The maximum atomic E-state index is 6.26. The molecule has 102 valence electrons. The van der Waals surface area contributed by atoms with Gasteiger partial charge in [0.1, 0.15) is 0 Å². The standard InChI is InChI=1S/C14H30N2O/c1-5-12-6-7-14(15)13(8-12)9-16(3)11(2)10-17-4/h11-14H,5-10,15H2,1-4H3. The van der Waals surface area contributed by atoms with Crippen LogP contribution >= 0.6 is 0 Å². The molecule has 0 heterocycles. The van der Waals surface area contributed by atoms with Gasteiger partial charge in [-0.15, -0.1) is 0 Å². The van der Waals surface area contributed by atoms with Gasteiger partial charge in [0.2, 0.25) is 0 Å². The minimum Gasteiger partial charge on any atom is -0.383 e. The molecule has 17 heavy (non-hydrogen) atoms. The molecule has 1 rings (SSSR count). The summed E-state index contributed by atoms with van der Waals surface area (Å²) in [6.07, 6.45) is 5.14. The van der Waals surface area contributed by atoms with Crippen LogP contribution in [-0.2, 0) is 4.74 Å². The zero-order chi connectivity index (χ0) is 12.8. The molecule has 0 bridgehead atoms. The maximum Gasteiger partial charge on any atom is 0.0615 e. The van der Waals surface area contributed by atoms with Gasteiger partial charge in [0, 0.05) is 25.7 Å². The van der Waals surface area contributed by atoms with Crippen LogP contribution < -0.4 is 5.73 Å². The van der Waals surface area contributed by atoms with E-state index in [0.29, 0.717) is 18.0 Å². The lowest BCUT2D eigenvalue weighted by Crippen LogP contribution is -2.45. The van der Waals surface area contributed by atoms with Gasteiger partial charge in [0.05, 0.1) is 6.61 Å². The molecular weight excluding hydrogens is 212 g/mol. The summed E-state index contributed by atoms with van der Waals surface area (Å²) < 4.78 is 5.21. The molecule has 0 radical (unpaired) electrons. The Morgan fingerprint density at radius 1 is 1.41 bits per heavy atom. The number of rotatable bonds is 6. The SMILES string of the molecule is CCC1CCC(N)C(CN(C)C(C)COC)C1. The predicted octanol–water partition coefficient (Wildman–Crippen LogP) is 2.11.